The van der Waals surface area contributed by atoms with Crippen LogP contribution in [-0.2, 0) is 22.4 Å². The normalized spacial score (nSPS) is 19.9. The Morgan fingerprint density at radius 1 is 1.20 bits per heavy atom. The van der Waals surface area contributed by atoms with Crippen LogP contribution in [0.15, 0.2) is 51.4 Å². The van der Waals surface area contributed by atoms with E-state index in [0.717, 1.165) is 47.0 Å². The molecule has 8 heteroatoms. The van der Waals surface area contributed by atoms with Crippen LogP contribution >= 0.6 is 27.3 Å². The molecule has 0 saturated heterocycles. The van der Waals surface area contributed by atoms with E-state index in [0.29, 0.717) is 41.0 Å². The number of ketones is 1. The van der Waals surface area contributed by atoms with Gasteiger partial charge in [-0.25, -0.2) is 4.79 Å². The van der Waals surface area contributed by atoms with Gasteiger partial charge in [0, 0.05) is 27.0 Å². The van der Waals surface area contributed by atoms with Crippen LogP contribution in [0.4, 0.5) is 5.00 Å². The maximum Gasteiger partial charge on any atom is 0.341 e. The highest BCUT2D eigenvalue weighted by Gasteiger charge is 2.42. The Kier molecular flexibility index (Phi) is 6.56. The molecule has 5 rings (SSSR count). The number of benzene rings is 1. The minimum atomic E-state index is -0.521. The maximum absolute atomic E-state index is 13.4. The minimum Gasteiger partial charge on any atom is -0.462 e. The van der Waals surface area contributed by atoms with Gasteiger partial charge in [0.05, 0.1) is 29.7 Å². The summed E-state index contributed by atoms with van der Waals surface area (Å²) in [7, 11) is 0. The molecule has 2 N–H and O–H groups in total. The number of ether oxygens (including phenoxy) is 1. The number of thiophene rings is 1. The molecule has 35 heavy (non-hydrogen) atoms. The molecule has 1 aromatic heterocycles. The molecule has 0 amide bonds. The number of esters is 1. The van der Waals surface area contributed by atoms with Crippen molar-refractivity contribution >= 4 is 44.0 Å². The Bertz CT molecular complexity index is 1320. The number of rotatable bonds is 4. The highest BCUT2D eigenvalue weighted by Crippen LogP contribution is 2.50. The van der Waals surface area contributed by atoms with Crippen LogP contribution in [-0.4, -0.2) is 18.4 Å². The van der Waals surface area contributed by atoms with Crippen molar-refractivity contribution in [1.29, 1.82) is 5.26 Å². The number of aryl methyl sites for hydroxylation is 1. The molecule has 6 nitrogen and oxygen atoms in total. The molecule has 0 unspecified atom stereocenters. The first-order valence-corrected chi connectivity index (χ1v) is 13.6. The molecule has 1 aromatic carbocycles. The van der Waals surface area contributed by atoms with Crippen LogP contribution in [0, 0.1) is 11.3 Å². The van der Waals surface area contributed by atoms with Gasteiger partial charge in [0.2, 0.25) is 0 Å². The summed E-state index contributed by atoms with van der Waals surface area (Å²) < 4.78 is 6.38. The van der Waals surface area contributed by atoms with Gasteiger partial charge in [-0.1, -0.05) is 28.1 Å². The van der Waals surface area contributed by atoms with Gasteiger partial charge < -0.3 is 10.5 Å². The van der Waals surface area contributed by atoms with E-state index in [9.17, 15) is 14.9 Å². The first kappa shape index (κ1) is 23.8. The molecule has 2 aromatic rings. The van der Waals surface area contributed by atoms with Gasteiger partial charge >= 0.3 is 5.97 Å². The van der Waals surface area contributed by atoms with Crippen molar-refractivity contribution in [2.75, 3.05) is 11.5 Å². The lowest BCUT2D eigenvalue weighted by Crippen LogP contribution is -2.39. The third kappa shape index (κ3) is 4.01. The van der Waals surface area contributed by atoms with Crippen molar-refractivity contribution in [2.24, 2.45) is 5.73 Å². The first-order valence-electron chi connectivity index (χ1n) is 12.0. The lowest BCUT2D eigenvalue weighted by Gasteiger charge is -2.39. The fourth-order valence-corrected chi connectivity index (χ4v) is 7.11. The number of hydrogen-bond acceptors (Lipinski definition) is 7. The summed E-state index contributed by atoms with van der Waals surface area (Å²) in [5, 5.41) is 10.9. The van der Waals surface area contributed by atoms with Crippen molar-refractivity contribution < 1.29 is 14.3 Å². The van der Waals surface area contributed by atoms with Crippen LogP contribution in [0.3, 0.4) is 0 Å². The molecule has 0 bridgehead atoms. The number of fused-ring (bicyclic) bond motifs is 1. The lowest BCUT2D eigenvalue weighted by atomic mass is 9.75. The summed E-state index contributed by atoms with van der Waals surface area (Å²) in [5.74, 6) is -0.568. The van der Waals surface area contributed by atoms with Crippen molar-refractivity contribution in [2.45, 2.75) is 57.8 Å². The average Bonchev–Trinajstić information content (AvgIpc) is 3.23. The first-order chi connectivity index (χ1) is 17.0. The molecule has 2 aliphatic carbocycles. The number of allylic oxidation sites excluding steroid dienone is 3. The Morgan fingerprint density at radius 3 is 2.66 bits per heavy atom. The van der Waals surface area contributed by atoms with Gasteiger partial charge in [-0.2, -0.15) is 5.26 Å². The van der Waals surface area contributed by atoms with E-state index < -0.39 is 5.92 Å². The molecule has 0 spiro atoms. The Hall–Kier alpha value is -2.89. The number of hydrogen-bond donors (Lipinski definition) is 1. The van der Waals surface area contributed by atoms with Gasteiger partial charge in [-0.05, 0) is 68.7 Å². The van der Waals surface area contributed by atoms with E-state index in [1.165, 1.54) is 4.88 Å². The van der Waals surface area contributed by atoms with Crippen molar-refractivity contribution in [3.05, 3.63) is 73.0 Å². The van der Waals surface area contributed by atoms with E-state index in [1.54, 1.807) is 18.3 Å². The minimum absolute atomic E-state index is 0.0309. The lowest BCUT2D eigenvalue weighted by molar-refractivity contribution is -0.116. The quantitative estimate of drug-likeness (QED) is 0.477. The van der Waals surface area contributed by atoms with E-state index in [-0.39, 0.29) is 24.2 Å². The SMILES string of the molecule is CCOC(=O)c1c(N2C(N)=C(C#N)[C@H](c3ccc(Br)cc3)C3=C2CCCC3=O)sc2c1CCCC2. The molecular formula is C27H26BrN3O3S. The van der Waals surface area contributed by atoms with Crippen molar-refractivity contribution in [3.8, 4) is 6.07 Å². The smallest absolute Gasteiger partial charge is 0.341 e. The number of carbonyl (C=O) groups is 2. The number of carbonyl (C=O) groups excluding carboxylic acids is 2. The summed E-state index contributed by atoms with van der Waals surface area (Å²) in [6.45, 7) is 2.07. The number of Topliss-reactive ketones (excluding diaryl/α,β-unsaturated/α-hetero) is 1. The van der Waals surface area contributed by atoms with Crippen LogP contribution in [0.5, 0.6) is 0 Å². The van der Waals surface area contributed by atoms with E-state index in [4.69, 9.17) is 10.5 Å². The number of nitrogens with zero attached hydrogens (tertiary/aromatic N) is 2. The number of nitrogens with two attached hydrogens (primary N) is 1. The van der Waals surface area contributed by atoms with Crippen LogP contribution in [0.25, 0.3) is 0 Å². The zero-order valence-electron chi connectivity index (χ0n) is 19.5. The maximum atomic E-state index is 13.4. The Morgan fingerprint density at radius 2 is 1.94 bits per heavy atom. The monoisotopic (exact) mass is 551 g/mol. The number of nitriles is 1. The van der Waals surface area contributed by atoms with Gasteiger partial charge in [0.25, 0.3) is 0 Å². The second kappa shape index (κ2) is 9.63. The molecule has 0 fully saturated rings. The molecule has 1 aliphatic heterocycles. The summed E-state index contributed by atoms with van der Waals surface area (Å²) in [4.78, 5) is 29.6. The fourth-order valence-electron chi connectivity index (χ4n) is 5.43. The average molecular weight is 552 g/mol. The van der Waals surface area contributed by atoms with Crippen molar-refractivity contribution in [1.82, 2.24) is 0 Å². The second-order valence-electron chi connectivity index (χ2n) is 8.98. The fraction of sp³-hybridized carbons (Fsp3) is 0.370. The summed E-state index contributed by atoms with van der Waals surface area (Å²) in [6.07, 6.45) is 5.60. The predicted octanol–water partition coefficient (Wildman–Crippen LogP) is 5.87. The van der Waals surface area contributed by atoms with E-state index in [1.807, 2.05) is 29.2 Å². The third-order valence-electron chi connectivity index (χ3n) is 6.95. The largest absolute Gasteiger partial charge is 0.462 e. The predicted molar refractivity (Wildman–Crippen MR) is 139 cm³/mol. The van der Waals surface area contributed by atoms with Crippen LogP contribution in [0.1, 0.15) is 71.3 Å². The third-order valence-corrected chi connectivity index (χ3v) is 8.76. The Labute approximate surface area is 217 Å². The van der Waals surface area contributed by atoms with Gasteiger partial charge in [0.15, 0.2) is 5.78 Å². The second-order valence-corrected chi connectivity index (χ2v) is 11.0. The van der Waals surface area contributed by atoms with Gasteiger partial charge in [-0.15, -0.1) is 11.3 Å². The molecule has 180 valence electrons. The van der Waals surface area contributed by atoms with Crippen molar-refractivity contribution in [3.63, 3.8) is 0 Å². The standard InChI is InChI=1S/C27H26BrN3O3S/c1-2-34-27(33)23-17-6-3-4-9-21(17)35-26(23)31-19-7-5-8-20(32)24(19)22(18(14-29)25(31)30)15-10-12-16(28)13-11-15/h10-13,22H,2-9,30H2,1H3/t22-/m0/s1. The zero-order chi connectivity index (χ0) is 24.7. The highest BCUT2D eigenvalue weighted by atomic mass is 79.9. The summed E-state index contributed by atoms with van der Waals surface area (Å²) in [5.41, 5.74) is 10.9. The molecule has 2 heterocycles. The summed E-state index contributed by atoms with van der Waals surface area (Å²) in [6, 6.07) is 9.98. The number of anilines is 1. The van der Waals surface area contributed by atoms with Crippen LogP contribution < -0.4 is 10.6 Å². The topological polar surface area (TPSA) is 96.4 Å². The highest BCUT2D eigenvalue weighted by molar-refractivity contribution is 9.10. The van der Waals surface area contributed by atoms with E-state index >= 15 is 0 Å². The molecule has 0 saturated carbocycles. The van der Waals surface area contributed by atoms with E-state index in [2.05, 4.69) is 22.0 Å². The molecule has 3 aliphatic rings. The molecule has 0 radical (unpaired) electrons. The summed E-state index contributed by atoms with van der Waals surface area (Å²) >= 11 is 5.01. The zero-order valence-corrected chi connectivity index (χ0v) is 21.9. The number of halogens is 1. The molecule has 1 atom stereocenters. The van der Waals surface area contributed by atoms with Crippen LogP contribution in [0.2, 0.25) is 0 Å². The van der Waals surface area contributed by atoms with Gasteiger partial charge in [-0.3, -0.25) is 9.69 Å². The Balaban J connectivity index is 1.75. The molecular weight excluding hydrogens is 526 g/mol. The van der Waals surface area contributed by atoms with Gasteiger partial charge in [0.1, 0.15) is 10.8 Å².